The Bertz CT molecular complexity index is 472. The molecule has 0 radical (unpaired) electrons. The number of aryl methyl sites for hydroxylation is 2. The Hall–Kier alpha value is -1.02. The van der Waals surface area contributed by atoms with Crippen molar-refractivity contribution in [2.45, 2.75) is 40.0 Å². The summed E-state index contributed by atoms with van der Waals surface area (Å²) in [5, 5.41) is 3.59. The second-order valence-electron chi connectivity index (χ2n) is 7.10. The van der Waals surface area contributed by atoms with E-state index in [4.69, 9.17) is 0 Å². The minimum absolute atomic E-state index is 0.458. The topological polar surface area (TPSA) is 15.3 Å². The Labute approximate surface area is 123 Å². The quantitative estimate of drug-likeness (QED) is 0.907. The minimum atomic E-state index is 0.458. The molecule has 0 aromatic heterocycles. The average Bonchev–Trinajstić information content (AvgIpc) is 2.88. The zero-order valence-electron chi connectivity index (χ0n) is 13.2. The van der Waals surface area contributed by atoms with Gasteiger partial charge in [0.1, 0.15) is 0 Å². The molecule has 0 saturated carbocycles. The number of benzene rings is 1. The van der Waals surface area contributed by atoms with Gasteiger partial charge in [0.2, 0.25) is 0 Å². The van der Waals surface area contributed by atoms with Crippen molar-refractivity contribution < 1.29 is 0 Å². The summed E-state index contributed by atoms with van der Waals surface area (Å²) in [5.41, 5.74) is 4.90. The first-order valence-electron chi connectivity index (χ1n) is 8.16. The van der Waals surface area contributed by atoms with E-state index in [1.54, 1.807) is 5.56 Å². The molecular formula is C18H28N2. The van der Waals surface area contributed by atoms with Crippen LogP contribution in [0.25, 0.3) is 0 Å². The molecule has 20 heavy (non-hydrogen) atoms. The summed E-state index contributed by atoms with van der Waals surface area (Å²) in [6, 6.07) is 7.00. The molecule has 1 N–H and O–H groups in total. The number of hydrogen-bond acceptors (Lipinski definition) is 2. The number of rotatable bonds is 3. The Morgan fingerprint density at radius 2 is 2.20 bits per heavy atom. The van der Waals surface area contributed by atoms with Gasteiger partial charge in [0.05, 0.1) is 0 Å². The highest BCUT2D eigenvalue weighted by atomic mass is 15.2. The second kappa shape index (κ2) is 5.40. The Balaban J connectivity index is 1.85. The van der Waals surface area contributed by atoms with Crippen LogP contribution in [0.4, 0.5) is 5.69 Å². The van der Waals surface area contributed by atoms with Crippen molar-refractivity contribution in [3.8, 4) is 0 Å². The molecule has 1 atom stereocenters. The van der Waals surface area contributed by atoms with Crippen LogP contribution < -0.4 is 10.2 Å². The van der Waals surface area contributed by atoms with Gasteiger partial charge < -0.3 is 10.2 Å². The normalized spacial score (nSPS) is 26.1. The Morgan fingerprint density at radius 3 is 2.90 bits per heavy atom. The van der Waals surface area contributed by atoms with E-state index in [0.717, 1.165) is 5.92 Å². The zero-order valence-corrected chi connectivity index (χ0v) is 13.2. The van der Waals surface area contributed by atoms with Gasteiger partial charge in [0, 0.05) is 30.7 Å². The van der Waals surface area contributed by atoms with E-state index in [0.29, 0.717) is 5.41 Å². The van der Waals surface area contributed by atoms with Crippen molar-refractivity contribution in [1.82, 2.24) is 5.32 Å². The van der Waals surface area contributed by atoms with Gasteiger partial charge in [-0.15, -0.1) is 0 Å². The molecule has 0 bridgehead atoms. The Morgan fingerprint density at radius 1 is 1.35 bits per heavy atom. The average molecular weight is 272 g/mol. The number of anilines is 1. The molecule has 1 aromatic rings. The first-order chi connectivity index (χ1) is 9.61. The predicted molar refractivity (Wildman–Crippen MR) is 86.5 cm³/mol. The van der Waals surface area contributed by atoms with Gasteiger partial charge in [-0.2, -0.15) is 0 Å². The van der Waals surface area contributed by atoms with Crippen molar-refractivity contribution in [1.29, 1.82) is 0 Å². The third-order valence-corrected chi connectivity index (χ3v) is 5.46. The van der Waals surface area contributed by atoms with Crippen molar-refractivity contribution in [3.05, 3.63) is 29.3 Å². The smallest absolute Gasteiger partial charge is 0.0399 e. The van der Waals surface area contributed by atoms with Gasteiger partial charge >= 0.3 is 0 Å². The molecule has 1 fully saturated rings. The molecule has 110 valence electrons. The SMILES string of the molecule is Cc1ccc2c(c1)CCCN2CC1(C(C)C)CCNC1. The standard InChI is InChI=1S/C18H28N2/c1-14(2)18(8-9-19-12-18)13-20-10-4-5-16-11-15(3)6-7-17(16)20/h6-7,11,14,19H,4-5,8-10,12-13H2,1-3H3. The number of nitrogens with zero attached hydrogens (tertiary/aromatic N) is 1. The number of nitrogens with one attached hydrogen (secondary N) is 1. The van der Waals surface area contributed by atoms with Crippen LogP contribution in [0.5, 0.6) is 0 Å². The van der Waals surface area contributed by atoms with Crippen LogP contribution in [-0.2, 0) is 6.42 Å². The van der Waals surface area contributed by atoms with Crippen LogP contribution in [-0.4, -0.2) is 26.2 Å². The maximum atomic E-state index is 3.59. The number of fused-ring (bicyclic) bond motifs is 1. The van der Waals surface area contributed by atoms with Gasteiger partial charge in [-0.3, -0.25) is 0 Å². The van der Waals surface area contributed by atoms with Crippen LogP contribution in [0.1, 0.15) is 37.8 Å². The highest BCUT2D eigenvalue weighted by molar-refractivity contribution is 5.57. The fourth-order valence-corrected chi connectivity index (χ4v) is 3.92. The van der Waals surface area contributed by atoms with Gasteiger partial charge in [0.25, 0.3) is 0 Å². The molecule has 2 heterocycles. The minimum Gasteiger partial charge on any atom is -0.371 e. The van der Waals surface area contributed by atoms with E-state index >= 15 is 0 Å². The van der Waals surface area contributed by atoms with Crippen molar-refractivity contribution in [2.75, 3.05) is 31.1 Å². The lowest BCUT2D eigenvalue weighted by atomic mass is 9.75. The maximum Gasteiger partial charge on any atom is 0.0399 e. The molecule has 1 saturated heterocycles. The van der Waals surface area contributed by atoms with Crippen molar-refractivity contribution in [2.24, 2.45) is 11.3 Å². The first kappa shape index (κ1) is 13.9. The van der Waals surface area contributed by atoms with Crippen LogP contribution in [0.2, 0.25) is 0 Å². The van der Waals surface area contributed by atoms with E-state index in [1.165, 1.54) is 56.7 Å². The lowest BCUT2D eigenvalue weighted by Crippen LogP contribution is -2.44. The Kier molecular flexibility index (Phi) is 3.76. The second-order valence-corrected chi connectivity index (χ2v) is 7.10. The van der Waals surface area contributed by atoms with Crippen LogP contribution >= 0.6 is 0 Å². The monoisotopic (exact) mass is 272 g/mol. The van der Waals surface area contributed by atoms with Crippen molar-refractivity contribution in [3.63, 3.8) is 0 Å². The molecule has 0 aliphatic carbocycles. The van der Waals surface area contributed by atoms with Crippen LogP contribution in [0, 0.1) is 18.3 Å². The van der Waals surface area contributed by atoms with Gasteiger partial charge in [-0.05, 0) is 50.3 Å². The van der Waals surface area contributed by atoms with Gasteiger partial charge in [0.15, 0.2) is 0 Å². The summed E-state index contributed by atoms with van der Waals surface area (Å²) >= 11 is 0. The largest absolute Gasteiger partial charge is 0.371 e. The molecule has 0 amide bonds. The zero-order chi connectivity index (χ0) is 14.2. The molecule has 1 unspecified atom stereocenters. The third kappa shape index (κ3) is 2.46. The van der Waals surface area contributed by atoms with E-state index in [-0.39, 0.29) is 0 Å². The fourth-order valence-electron chi connectivity index (χ4n) is 3.92. The summed E-state index contributed by atoms with van der Waals surface area (Å²) < 4.78 is 0. The lowest BCUT2D eigenvalue weighted by Gasteiger charge is -2.41. The van der Waals surface area contributed by atoms with E-state index in [1.807, 2.05) is 0 Å². The highest BCUT2D eigenvalue weighted by Gasteiger charge is 2.39. The summed E-state index contributed by atoms with van der Waals surface area (Å²) in [4.78, 5) is 2.66. The molecule has 2 heteroatoms. The fraction of sp³-hybridized carbons (Fsp3) is 0.667. The van der Waals surface area contributed by atoms with E-state index < -0.39 is 0 Å². The number of hydrogen-bond donors (Lipinski definition) is 1. The molecule has 2 aliphatic rings. The predicted octanol–water partition coefficient (Wildman–Crippen LogP) is 3.38. The van der Waals surface area contributed by atoms with Crippen LogP contribution in [0.15, 0.2) is 18.2 Å². The van der Waals surface area contributed by atoms with Crippen molar-refractivity contribution >= 4 is 5.69 Å². The summed E-state index contributed by atoms with van der Waals surface area (Å²) in [7, 11) is 0. The molecule has 2 aliphatic heterocycles. The third-order valence-electron chi connectivity index (χ3n) is 5.46. The van der Waals surface area contributed by atoms with Gasteiger partial charge in [-0.25, -0.2) is 0 Å². The summed E-state index contributed by atoms with van der Waals surface area (Å²) in [6.07, 6.45) is 3.88. The lowest BCUT2D eigenvalue weighted by molar-refractivity contribution is 0.221. The van der Waals surface area contributed by atoms with Crippen LogP contribution in [0.3, 0.4) is 0 Å². The molecular weight excluding hydrogens is 244 g/mol. The molecule has 3 rings (SSSR count). The van der Waals surface area contributed by atoms with Gasteiger partial charge in [-0.1, -0.05) is 31.5 Å². The molecule has 0 spiro atoms. The first-order valence-corrected chi connectivity index (χ1v) is 8.16. The molecule has 2 nitrogen and oxygen atoms in total. The maximum absolute atomic E-state index is 3.59. The van der Waals surface area contributed by atoms with E-state index in [9.17, 15) is 0 Å². The molecule has 1 aromatic carbocycles. The summed E-state index contributed by atoms with van der Waals surface area (Å²) in [5.74, 6) is 0.744. The summed E-state index contributed by atoms with van der Waals surface area (Å²) in [6.45, 7) is 11.8. The highest BCUT2D eigenvalue weighted by Crippen LogP contribution is 2.38. The van der Waals surface area contributed by atoms with E-state index in [2.05, 4.69) is 49.2 Å².